The number of hydrogen-bond acceptors (Lipinski definition) is 4. The largest absolute Gasteiger partial charge is 0.383 e. The molecule has 0 amide bonds. The van der Waals surface area contributed by atoms with Crippen molar-refractivity contribution in [3.63, 3.8) is 0 Å². The fourth-order valence-electron chi connectivity index (χ4n) is 4.24. The Hall–Kier alpha value is -2.78. The van der Waals surface area contributed by atoms with Gasteiger partial charge in [0.05, 0.1) is 0 Å². The van der Waals surface area contributed by atoms with Crippen LogP contribution in [-0.2, 0) is 16.6 Å². The Bertz CT molecular complexity index is 1270. The Labute approximate surface area is 184 Å². The van der Waals surface area contributed by atoms with E-state index in [4.69, 9.17) is 4.52 Å². The fourth-order valence-corrected chi connectivity index (χ4v) is 6.43. The van der Waals surface area contributed by atoms with E-state index in [-0.39, 0.29) is 29.5 Å². The van der Waals surface area contributed by atoms with Crippen LogP contribution in [-0.4, -0.2) is 23.9 Å². The molecule has 1 saturated heterocycles. The zero-order chi connectivity index (χ0) is 23.0. The molecule has 1 fully saturated rings. The molecule has 6 nitrogen and oxygen atoms in total. The van der Waals surface area contributed by atoms with Gasteiger partial charge in [-0.25, -0.2) is 17.2 Å². The third-order valence-corrected chi connectivity index (χ3v) is 8.49. The average molecular weight is 463 g/mol. The lowest BCUT2D eigenvalue weighted by molar-refractivity contribution is 0.278. The first-order valence-corrected chi connectivity index (χ1v) is 11.9. The van der Waals surface area contributed by atoms with Crippen LogP contribution in [0.4, 0.5) is 8.78 Å². The molecule has 3 aromatic rings. The molecule has 0 radical (unpaired) electrons. The van der Waals surface area contributed by atoms with Crippen molar-refractivity contribution in [3.8, 4) is 0 Å². The summed E-state index contributed by atoms with van der Waals surface area (Å²) in [5, 5.41) is 1.41. The van der Waals surface area contributed by atoms with Crippen molar-refractivity contribution in [3.05, 3.63) is 93.0 Å². The zero-order valence-corrected chi connectivity index (χ0v) is 18.5. The highest BCUT2D eigenvalue weighted by molar-refractivity contribution is 7.89. The topological polar surface area (TPSA) is 83.4 Å². The van der Waals surface area contributed by atoms with Gasteiger partial charge < -0.3 is 4.52 Å². The summed E-state index contributed by atoms with van der Waals surface area (Å²) in [6.45, 7) is 3.10. The highest BCUT2D eigenvalue weighted by atomic mass is 32.2. The lowest BCUT2D eigenvalue weighted by Gasteiger charge is -2.37. The number of sulfonamides is 1. The van der Waals surface area contributed by atoms with Crippen LogP contribution in [0.25, 0.3) is 0 Å². The van der Waals surface area contributed by atoms with E-state index in [1.807, 2.05) is 6.07 Å². The molecule has 0 bridgehead atoms. The van der Waals surface area contributed by atoms with Crippen molar-refractivity contribution >= 4 is 10.0 Å². The van der Waals surface area contributed by atoms with Gasteiger partial charge in [-0.15, -0.1) is 0 Å². The predicted octanol–water partition coefficient (Wildman–Crippen LogP) is 4.45. The van der Waals surface area contributed by atoms with E-state index in [0.29, 0.717) is 18.4 Å². The SMILES string of the molecule is CC(c1cc(=O)[nH]o1)c1cc(F)c(CN2[C@@H](C)CCC(c3ccccc3)S2(=O)=O)cc1F. The lowest BCUT2D eigenvalue weighted by atomic mass is 9.96. The summed E-state index contributed by atoms with van der Waals surface area (Å²) in [6.07, 6.45) is 1.09. The predicted molar refractivity (Wildman–Crippen MR) is 116 cm³/mol. The summed E-state index contributed by atoms with van der Waals surface area (Å²) in [5.74, 6) is -1.92. The molecular weight excluding hydrogens is 438 g/mol. The van der Waals surface area contributed by atoms with Crippen molar-refractivity contribution < 1.29 is 21.7 Å². The van der Waals surface area contributed by atoms with Crippen LogP contribution in [0.2, 0.25) is 0 Å². The van der Waals surface area contributed by atoms with E-state index in [1.54, 1.807) is 38.1 Å². The molecule has 0 spiro atoms. The zero-order valence-electron chi connectivity index (χ0n) is 17.7. The number of nitrogens with one attached hydrogen (secondary N) is 1. The van der Waals surface area contributed by atoms with Crippen molar-refractivity contribution in [2.75, 3.05) is 0 Å². The Kier molecular flexibility index (Phi) is 6.05. The molecule has 170 valence electrons. The summed E-state index contributed by atoms with van der Waals surface area (Å²) >= 11 is 0. The van der Waals surface area contributed by atoms with Crippen LogP contribution in [0.15, 0.2) is 57.8 Å². The van der Waals surface area contributed by atoms with Crippen LogP contribution in [0.5, 0.6) is 0 Å². The second-order valence-corrected chi connectivity index (χ2v) is 10.3. The third-order valence-electron chi connectivity index (χ3n) is 6.12. The number of nitrogens with zero attached hydrogens (tertiary/aromatic N) is 1. The normalized spacial score (nSPS) is 22.0. The standard InChI is InChI=1S/C23H24F2N2O4S/c1-14-8-9-22(16-6-4-3-5-7-16)32(29,30)27(14)13-17-10-20(25)18(11-19(17)24)15(2)21-12-23(28)26-31-21/h3-7,10-12,14-15,22H,8-9,13H2,1-2H3,(H,26,28)/t14-,15?,22?/m0/s1. The molecule has 1 aliphatic rings. The monoisotopic (exact) mass is 462 g/mol. The van der Waals surface area contributed by atoms with E-state index < -0.39 is 38.4 Å². The highest BCUT2D eigenvalue weighted by Crippen LogP contribution is 2.38. The van der Waals surface area contributed by atoms with E-state index in [1.165, 1.54) is 10.4 Å². The van der Waals surface area contributed by atoms with Gasteiger partial charge in [-0.2, -0.15) is 9.46 Å². The highest BCUT2D eigenvalue weighted by Gasteiger charge is 2.40. The summed E-state index contributed by atoms with van der Waals surface area (Å²) in [6, 6.07) is 11.8. The van der Waals surface area contributed by atoms with E-state index in [9.17, 15) is 22.0 Å². The molecule has 2 aromatic carbocycles. The van der Waals surface area contributed by atoms with Gasteiger partial charge in [0.2, 0.25) is 10.0 Å². The van der Waals surface area contributed by atoms with Crippen molar-refractivity contribution in [2.45, 2.75) is 50.4 Å². The summed E-state index contributed by atoms with van der Waals surface area (Å²) in [7, 11) is -3.77. The van der Waals surface area contributed by atoms with Gasteiger partial charge in [0.25, 0.3) is 5.56 Å². The Morgan fingerprint density at radius 1 is 1.12 bits per heavy atom. The molecule has 9 heteroatoms. The van der Waals surface area contributed by atoms with E-state index in [2.05, 4.69) is 5.16 Å². The summed E-state index contributed by atoms with van der Waals surface area (Å²) in [4.78, 5) is 11.3. The maximum atomic E-state index is 15.0. The number of aromatic nitrogens is 1. The number of halogens is 2. The van der Waals surface area contributed by atoms with Crippen LogP contribution in [0.1, 0.15) is 60.3 Å². The Morgan fingerprint density at radius 3 is 2.50 bits per heavy atom. The van der Waals surface area contributed by atoms with Crippen molar-refractivity contribution in [2.24, 2.45) is 0 Å². The molecule has 1 aromatic heterocycles. The van der Waals surface area contributed by atoms with Crippen molar-refractivity contribution in [1.82, 2.24) is 9.46 Å². The molecule has 2 unspecified atom stereocenters. The molecule has 32 heavy (non-hydrogen) atoms. The first kappa shape index (κ1) is 22.4. The van der Waals surface area contributed by atoms with Crippen LogP contribution >= 0.6 is 0 Å². The van der Waals surface area contributed by atoms with Crippen LogP contribution in [0, 0.1) is 11.6 Å². The molecule has 3 atom stereocenters. The second kappa shape index (κ2) is 8.63. The number of aromatic amines is 1. The second-order valence-electron chi connectivity index (χ2n) is 8.22. The molecule has 0 aliphatic carbocycles. The first-order chi connectivity index (χ1) is 15.2. The Balaban J connectivity index is 1.64. The quantitative estimate of drug-likeness (QED) is 0.607. The van der Waals surface area contributed by atoms with Gasteiger partial charge in [0, 0.05) is 35.7 Å². The number of rotatable bonds is 5. The Morgan fingerprint density at radius 2 is 1.84 bits per heavy atom. The summed E-state index contributed by atoms with van der Waals surface area (Å²) in [5.41, 5.74) is 0.193. The minimum absolute atomic E-state index is 0.0192. The number of hydrogen-bond donors (Lipinski definition) is 1. The third kappa shape index (κ3) is 4.14. The average Bonchev–Trinajstić information content (AvgIpc) is 3.19. The first-order valence-electron chi connectivity index (χ1n) is 10.4. The molecule has 0 saturated carbocycles. The van der Waals surface area contributed by atoms with Gasteiger partial charge >= 0.3 is 0 Å². The lowest BCUT2D eigenvalue weighted by Crippen LogP contribution is -2.44. The maximum Gasteiger partial charge on any atom is 0.280 e. The number of benzene rings is 2. The molecule has 1 aliphatic heterocycles. The van der Waals surface area contributed by atoms with Gasteiger partial charge in [-0.3, -0.25) is 4.79 Å². The van der Waals surface area contributed by atoms with Crippen LogP contribution in [0.3, 0.4) is 0 Å². The minimum Gasteiger partial charge on any atom is -0.383 e. The smallest absolute Gasteiger partial charge is 0.280 e. The molecule has 1 N–H and O–H groups in total. The van der Waals surface area contributed by atoms with E-state index in [0.717, 1.165) is 12.1 Å². The molecular formula is C23H24F2N2O4S. The maximum absolute atomic E-state index is 15.0. The fraction of sp³-hybridized carbons (Fsp3) is 0.348. The minimum atomic E-state index is -3.77. The van der Waals surface area contributed by atoms with E-state index >= 15 is 0 Å². The van der Waals surface area contributed by atoms with Gasteiger partial charge in [0.15, 0.2) is 0 Å². The summed E-state index contributed by atoms with van der Waals surface area (Å²) < 4.78 is 62.8. The number of H-pyrrole nitrogens is 1. The van der Waals surface area contributed by atoms with Gasteiger partial charge in [-0.1, -0.05) is 37.3 Å². The van der Waals surface area contributed by atoms with Crippen molar-refractivity contribution in [1.29, 1.82) is 0 Å². The molecule has 4 rings (SSSR count). The molecule has 2 heterocycles. The van der Waals surface area contributed by atoms with Crippen LogP contribution < -0.4 is 5.56 Å². The van der Waals surface area contributed by atoms with Gasteiger partial charge in [0.1, 0.15) is 22.6 Å². The van der Waals surface area contributed by atoms with Gasteiger partial charge in [-0.05, 0) is 37.5 Å².